The molecule has 0 bridgehead atoms. The van der Waals surface area contributed by atoms with Gasteiger partial charge >= 0.3 is 18.3 Å². The van der Waals surface area contributed by atoms with Crippen LogP contribution in [0.15, 0.2) is 30.5 Å². The molecular formula is C15H8F6N4O2. The summed E-state index contributed by atoms with van der Waals surface area (Å²) in [6.07, 6.45) is -9.32. The van der Waals surface area contributed by atoms with E-state index < -0.39 is 47.6 Å². The first kappa shape index (κ1) is 20.1. The third-order valence-corrected chi connectivity index (χ3v) is 3.18. The van der Waals surface area contributed by atoms with Gasteiger partial charge in [0.2, 0.25) is 0 Å². The maximum Gasteiger partial charge on any atom is 0.472 e. The molecule has 2 rings (SSSR count). The Morgan fingerprint density at radius 3 is 2.19 bits per heavy atom. The first-order valence-corrected chi connectivity index (χ1v) is 6.94. The summed E-state index contributed by atoms with van der Waals surface area (Å²) in [5, 5.41) is 18.0. The SMILES string of the molecule is N#Cc1nc(CO)cnc1N(C(=O)C(F)(F)F)c1ccc(C(F)(F)F)cc1. The number of aliphatic hydroxyl groups is 1. The third kappa shape index (κ3) is 4.32. The van der Waals surface area contributed by atoms with Crippen LogP contribution in [-0.2, 0) is 17.6 Å². The molecule has 0 aliphatic carbocycles. The number of amides is 1. The zero-order valence-electron chi connectivity index (χ0n) is 13.0. The lowest BCUT2D eigenvalue weighted by atomic mass is 10.1. The fourth-order valence-electron chi connectivity index (χ4n) is 2.00. The Morgan fingerprint density at radius 2 is 1.74 bits per heavy atom. The van der Waals surface area contributed by atoms with Crippen molar-refractivity contribution in [1.82, 2.24) is 9.97 Å². The van der Waals surface area contributed by atoms with Crippen LogP contribution in [0.4, 0.5) is 37.8 Å². The highest BCUT2D eigenvalue weighted by Gasteiger charge is 2.45. The van der Waals surface area contributed by atoms with Gasteiger partial charge in [0.15, 0.2) is 11.5 Å². The molecule has 1 aromatic heterocycles. The molecular weight excluding hydrogens is 382 g/mol. The Bertz CT molecular complexity index is 887. The van der Waals surface area contributed by atoms with E-state index in [0.717, 1.165) is 6.20 Å². The molecule has 0 unspecified atom stereocenters. The number of alkyl halides is 6. The van der Waals surface area contributed by atoms with Crippen molar-refractivity contribution < 1.29 is 36.2 Å². The van der Waals surface area contributed by atoms with E-state index >= 15 is 0 Å². The van der Waals surface area contributed by atoms with Gasteiger partial charge in [0.1, 0.15) is 6.07 Å². The zero-order chi connectivity index (χ0) is 20.4. The fourth-order valence-corrected chi connectivity index (χ4v) is 2.00. The maximum absolute atomic E-state index is 13.0. The van der Waals surface area contributed by atoms with Gasteiger partial charge in [-0.25, -0.2) is 9.97 Å². The van der Waals surface area contributed by atoms with Crippen molar-refractivity contribution in [2.75, 3.05) is 4.90 Å². The van der Waals surface area contributed by atoms with Crippen LogP contribution in [0.3, 0.4) is 0 Å². The summed E-state index contributed by atoms with van der Waals surface area (Å²) in [7, 11) is 0. The lowest BCUT2D eigenvalue weighted by molar-refractivity contribution is -0.169. The van der Waals surface area contributed by atoms with Gasteiger partial charge in [-0.3, -0.25) is 9.69 Å². The predicted molar refractivity (Wildman–Crippen MR) is 77.3 cm³/mol. The Hall–Kier alpha value is -3.20. The summed E-state index contributed by atoms with van der Waals surface area (Å²) in [6, 6.07) is 3.66. The Balaban J connectivity index is 2.64. The largest absolute Gasteiger partial charge is 0.472 e. The third-order valence-electron chi connectivity index (χ3n) is 3.18. The van der Waals surface area contributed by atoms with E-state index in [1.165, 1.54) is 6.07 Å². The molecule has 0 radical (unpaired) electrons. The summed E-state index contributed by atoms with van der Waals surface area (Å²) in [5.41, 5.74) is -2.62. The number of carbonyl (C=O) groups excluding carboxylic acids is 1. The van der Waals surface area contributed by atoms with Crippen LogP contribution in [0.5, 0.6) is 0 Å². The average molecular weight is 390 g/mol. The number of aromatic nitrogens is 2. The molecule has 1 aromatic carbocycles. The minimum Gasteiger partial charge on any atom is -0.390 e. The second kappa shape index (κ2) is 7.20. The molecule has 12 heteroatoms. The van der Waals surface area contributed by atoms with Gasteiger partial charge in [-0.2, -0.15) is 31.6 Å². The van der Waals surface area contributed by atoms with Crippen LogP contribution >= 0.6 is 0 Å². The normalized spacial score (nSPS) is 11.8. The number of carbonyl (C=O) groups is 1. The standard InChI is InChI=1S/C15H8F6N4O2/c16-14(17,18)8-1-3-10(4-2-8)25(13(27)15(19,20)21)12-11(5-22)24-9(7-26)6-23-12/h1-4,6,26H,7H2. The van der Waals surface area contributed by atoms with Crippen molar-refractivity contribution in [3.05, 3.63) is 47.4 Å². The van der Waals surface area contributed by atoms with Crippen molar-refractivity contribution in [3.8, 4) is 6.07 Å². The van der Waals surface area contributed by atoms with Gasteiger partial charge in [-0.05, 0) is 24.3 Å². The molecule has 27 heavy (non-hydrogen) atoms. The monoisotopic (exact) mass is 390 g/mol. The highest BCUT2D eigenvalue weighted by atomic mass is 19.4. The summed E-state index contributed by atoms with van der Waals surface area (Å²) in [5.74, 6) is -3.32. The molecule has 0 fully saturated rings. The maximum atomic E-state index is 13.0. The Kier molecular flexibility index (Phi) is 5.36. The second-order valence-electron chi connectivity index (χ2n) is 4.99. The van der Waals surface area contributed by atoms with Gasteiger partial charge in [0, 0.05) is 0 Å². The quantitative estimate of drug-likeness (QED) is 0.814. The molecule has 0 aliphatic heterocycles. The molecule has 142 valence electrons. The minimum absolute atomic E-state index is 0.0626. The van der Waals surface area contributed by atoms with Gasteiger partial charge < -0.3 is 5.11 Å². The predicted octanol–water partition coefficient (Wildman–Crippen LogP) is 3.09. The summed E-state index contributed by atoms with van der Waals surface area (Å²) in [4.78, 5) is 18.9. The Morgan fingerprint density at radius 1 is 1.15 bits per heavy atom. The summed E-state index contributed by atoms with van der Waals surface area (Å²) >= 11 is 0. The highest BCUT2D eigenvalue weighted by Crippen LogP contribution is 2.34. The molecule has 0 spiro atoms. The van der Waals surface area contributed by atoms with Crippen LogP contribution in [0, 0.1) is 11.3 Å². The summed E-state index contributed by atoms with van der Waals surface area (Å²) in [6.45, 7) is -0.671. The number of benzene rings is 1. The van der Waals surface area contributed by atoms with Gasteiger partial charge in [-0.15, -0.1) is 0 Å². The minimum atomic E-state index is -5.41. The van der Waals surface area contributed by atoms with Crippen molar-refractivity contribution in [2.24, 2.45) is 0 Å². The number of nitrogens with zero attached hydrogens (tertiary/aromatic N) is 4. The molecule has 1 amide bonds. The molecule has 1 N–H and O–H groups in total. The topological polar surface area (TPSA) is 90.1 Å². The van der Waals surface area contributed by atoms with Crippen LogP contribution in [-0.4, -0.2) is 27.2 Å². The first-order chi connectivity index (χ1) is 12.5. The molecule has 0 saturated carbocycles. The van der Waals surface area contributed by atoms with Gasteiger partial charge in [0.05, 0.1) is 29.7 Å². The second-order valence-corrected chi connectivity index (χ2v) is 4.99. The van der Waals surface area contributed by atoms with Crippen molar-refractivity contribution >= 4 is 17.4 Å². The van der Waals surface area contributed by atoms with E-state index in [4.69, 9.17) is 10.4 Å². The van der Waals surface area contributed by atoms with E-state index in [-0.39, 0.29) is 10.6 Å². The average Bonchev–Trinajstić information content (AvgIpc) is 2.61. The van der Waals surface area contributed by atoms with E-state index in [1.807, 2.05) is 0 Å². The molecule has 0 aliphatic rings. The molecule has 0 saturated heterocycles. The smallest absolute Gasteiger partial charge is 0.390 e. The van der Waals surface area contributed by atoms with Crippen molar-refractivity contribution in [2.45, 2.75) is 19.0 Å². The number of hydrogen-bond acceptors (Lipinski definition) is 5. The fraction of sp³-hybridized carbons (Fsp3) is 0.200. The van der Waals surface area contributed by atoms with E-state index in [2.05, 4.69) is 9.97 Å². The number of aliphatic hydroxyl groups excluding tert-OH is 1. The zero-order valence-corrected chi connectivity index (χ0v) is 13.0. The van der Waals surface area contributed by atoms with Crippen LogP contribution in [0.2, 0.25) is 0 Å². The molecule has 1 heterocycles. The van der Waals surface area contributed by atoms with E-state index in [1.54, 1.807) is 0 Å². The van der Waals surface area contributed by atoms with Crippen LogP contribution in [0.1, 0.15) is 17.0 Å². The van der Waals surface area contributed by atoms with Crippen molar-refractivity contribution in [3.63, 3.8) is 0 Å². The van der Waals surface area contributed by atoms with E-state index in [0.29, 0.717) is 24.3 Å². The van der Waals surface area contributed by atoms with Gasteiger partial charge in [-0.1, -0.05) is 0 Å². The highest BCUT2D eigenvalue weighted by molar-refractivity contribution is 6.03. The Labute approximate surface area is 147 Å². The van der Waals surface area contributed by atoms with Crippen LogP contribution < -0.4 is 4.90 Å². The number of hydrogen-bond donors (Lipinski definition) is 1. The molecule has 2 aromatic rings. The number of anilines is 2. The van der Waals surface area contributed by atoms with Gasteiger partial charge in [0.25, 0.3) is 0 Å². The lowest BCUT2D eigenvalue weighted by Crippen LogP contribution is -2.39. The van der Waals surface area contributed by atoms with E-state index in [9.17, 15) is 31.1 Å². The number of rotatable bonds is 3. The molecule has 6 nitrogen and oxygen atoms in total. The molecule has 0 atom stereocenters. The number of nitriles is 1. The summed E-state index contributed by atoms with van der Waals surface area (Å²) < 4.78 is 76.9. The number of halogens is 6. The first-order valence-electron chi connectivity index (χ1n) is 6.94. The lowest BCUT2D eigenvalue weighted by Gasteiger charge is -2.23. The van der Waals surface area contributed by atoms with Crippen LogP contribution in [0.25, 0.3) is 0 Å². The van der Waals surface area contributed by atoms with Crippen molar-refractivity contribution in [1.29, 1.82) is 5.26 Å².